The smallest absolute Gasteiger partial charge is 0.425 e. The number of nitrogens with zero attached hydrogens (tertiary/aromatic N) is 1. The van der Waals surface area contributed by atoms with Gasteiger partial charge in [-0.3, -0.25) is 38.4 Å². The van der Waals surface area contributed by atoms with Crippen LogP contribution in [0.1, 0.15) is 56.0 Å². The standard InChI is InChI=1S/C37H55BN10O12/c1-5-6-7-21-8-10-22(11-9-21)23-12-14-24(15-13-23)32(54)45-26(18-49)34(56)46-30(40)36(58)42-17-28(52)48(4)29(20(3)50)35(57)43-19(2)31(53)44-25(16-27(39)51)33(55)47-37(41)38(59)60/h8-15,19-20,25-26,29-30,37,49-50,59-60H,5-7,16-18,40-41H2,1-4H3,(H2,39,51)(H,42,58)(H,43,57)(H,44,53)(H,45,54)(H,46,56)(H,47,55)/t19-,20?,25-,26+,29-,30-,37+/m0/s1. The highest BCUT2D eigenvalue weighted by Crippen LogP contribution is 2.21. The Hall–Kier alpha value is -5.98. The summed E-state index contributed by atoms with van der Waals surface area (Å²) in [5, 5.41) is 51.4. The lowest BCUT2D eigenvalue weighted by Crippen LogP contribution is -2.61. The van der Waals surface area contributed by atoms with Crippen molar-refractivity contribution in [3.05, 3.63) is 59.7 Å². The summed E-state index contributed by atoms with van der Waals surface area (Å²) in [5.74, 6) is -7.93. The van der Waals surface area contributed by atoms with E-state index >= 15 is 0 Å². The number of hydrogen-bond donors (Lipinski definition) is 13. The average Bonchev–Trinajstić information content (AvgIpc) is 3.20. The molecule has 22 nitrogen and oxygen atoms in total. The van der Waals surface area contributed by atoms with Gasteiger partial charge in [-0.05, 0) is 55.5 Å². The number of aliphatic hydroxyl groups is 2. The number of primary amides is 1. The van der Waals surface area contributed by atoms with E-state index in [1.54, 1.807) is 24.3 Å². The molecule has 2 aromatic carbocycles. The predicted molar refractivity (Wildman–Crippen MR) is 216 cm³/mol. The lowest BCUT2D eigenvalue weighted by Gasteiger charge is -2.30. The van der Waals surface area contributed by atoms with Crippen LogP contribution in [0.2, 0.25) is 0 Å². The molecule has 0 spiro atoms. The Labute approximate surface area is 346 Å². The minimum absolute atomic E-state index is 0.192. The summed E-state index contributed by atoms with van der Waals surface area (Å²) in [7, 11) is -1.07. The van der Waals surface area contributed by atoms with Gasteiger partial charge < -0.3 is 74.3 Å². The maximum atomic E-state index is 13.1. The van der Waals surface area contributed by atoms with E-state index in [2.05, 4.69) is 45.6 Å². The Kier molecular flexibility index (Phi) is 20.2. The van der Waals surface area contributed by atoms with Crippen molar-refractivity contribution < 1.29 is 58.6 Å². The average molecular weight is 843 g/mol. The molecule has 16 N–H and O–H groups in total. The number of unbranched alkanes of at least 4 members (excludes halogenated alkanes) is 1. The van der Waals surface area contributed by atoms with Gasteiger partial charge in [0.1, 0.15) is 30.2 Å². The van der Waals surface area contributed by atoms with E-state index in [-0.39, 0.29) is 5.56 Å². The molecular weight excluding hydrogens is 787 g/mol. The molecule has 7 atom stereocenters. The number of carbonyl (C=O) groups is 8. The van der Waals surface area contributed by atoms with Gasteiger partial charge in [0, 0.05) is 12.6 Å². The van der Waals surface area contributed by atoms with Crippen LogP contribution in [0.4, 0.5) is 0 Å². The van der Waals surface area contributed by atoms with Gasteiger partial charge in [0.15, 0.2) is 6.17 Å². The molecular formula is C37H55BN10O12. The minimum atomic E-state index is -2.18. The zero-order chi connectivity index (χ0) is 45.3. The molecule has 8 amide bonds. The summed E-state index contributed by atoms with van der Waals surface area (Å²) < 4.78 is 0. The van der Waals surface area contributed by atoms with Crippen LogP contribution in [0.15, 0.2) is 48.5 Å². The molecule has 0 bridgehead atoms. The first-order chi connectivity index (χ1) is 28.2. The number of rotatable bonds is 23. The maximum absolute atomic E-state index is 13.1. The molecule has 0 saturated heterocycles. The summed E-state index contributed by atoms with van der Waals surface area (Å²) in [6.07, 6.45) is -0.873. The van der Waals surface area contributed by atoms with Crippen LogP contribution in [0.3, 0.4) is 0 Å². The molecule has 1 unspecified atom stereocenters. The lowest BCUT2D eigenvalue weighted by atomic mass is 9.86. The largest absolute Gasteiger partial charge is 0.490 e. The van der Waals surface area contributed by atoms with E-state index in [0.717, 1.165) is 49.3 Å². The Morgan fingerprint density at radius 1 is 0.750 bits per heavy atom. The van der Waals surface area contributed by atoms with E-state index in [9.17, 15) is 48.6 Å². The van der Waals surface area contributed by atoms with E-state index in [0.29, 0.717) is 0 Å². The number of aliphatic hydroxyl groups excluding tert-OH is 2. The van der Waals surface area contributed by atoms with Gasteiger partial charge in [-0.1, -0.05) is 49.7 Å². The number of benzene rings is 2. The van der Waals surface area contributed by atoms with Gasteiger partial charge >= 0.3 is 7.12 Å². The monoisotopic (exact) mass is 842 g/mol. The third kappa shape index (κ3) is 15.7. The lowest BCUT2D eigenvalue weighted by molar-refractivity contribution is -0.144. The molecule has 2 aromatic rings. The number of nitrogens with two attached hydrogens (primary N) is 3. The van der Waals surface area contributed by atoms with Crippen LogP contribution < -0.4 is 49.1 Å². The molecule has 60 heavy (non-hydrogen) atoms. The number of carbonyl (C=O) groups excluding carboxylic acids is 8. The second-order valence-electron chi connectivity index (χ2n) is 13.9. The molecule has 328 valence electrons. The van der Waals surface area contributed by atoms with E-state index < -0.39 is 116 Å². The summed E-state index contributed by atoms with van der Waals surface area (Å²) in [4.78, 5) is 102. The van der Waals surface area contributed by atoms with Crippen molar-refractivity contribution >= 4 is 54.4 Å². The molecule has 0 aromatic heterocycles. The molecule has 0 fully saturated rings. The number of hydrogen-bond acceptors (Lipinski definition) is 14. The predicted octanol–water partition coefficient (Wildman–Crippen LogP) is -5.21. The van der Waals surface area contributed by atoms with Gasteiger partial charge in [-0.25, -0.2) is 0 Å². The molecule has 0 radical (unpaired) electrons. The Morgan fingerprint density at radius 2 is 1.32 bits per heavy atom. The quantitative estimate of drug-likeness (QED) is 0.0368. The van der Waals surface area contributed by atoms with Crippen molar-refractivity contribution in [1.29, 1.82) is 0 Å². The number of nitrogens with one attached hydrogen (secondary N) is 6. The van der Waals surface area contributed by atoms with Crippen LogP contribution in [0, 0.1) is 0 Å². The van der Waals surface area contributed by atoms with Crippen LogP contribution >= 0.6 is 0 Å². The van der Waals surface area contributed by atoms with Crippen molar-refractivity contribution in [2.45, 2.75) is 89.0 Å². The first kappa shape index (κ1) is 50.2. The zero-order valence-corrected chi connectivity index (χ0v) is 33.7. The maximum Gasteiger partial charge on any atom is 0.490 e. The number of likely N-dealkylation sites (N-methyl/N-ethyl adjacent to an activating group) is 1. The fraction of sp³-hybridized carbons (Fsp3) is 0.459. The summed E-state index contributed by atoms with van der Waals surface area (Å²) >= 11 is 0. The van der Waals surface area contributed by atoms with Crippen molar-refractivity contribution in [2.24, 2.45) is 17.2 Å². The van der Waals surface area contributed by atoms with Crippen LogP contribution in [-0.4, -0.2) is 142 Å². The SMILES string of the molecule is CCCCc1ccc(-c2ccc(C(=O)N[C@H](CO)C(=O)N[C@H](N)C(=O)NCC(=O)N(C)[C@H](C(=O)N[C@@H](C)C(=O)N[C@@H](CC(N)=O)C(=O)N[C@@H](N)B(O)O)C(C)O)cc2)cc1. The van der Waals surface area contributed by atoms with Crippen molar-refractivity contribution in [3.8, 4) is 11.1 Å². The normalized spacial score (nSPS) is 14.4. The van der Waals surface area contributed by atoms with Gasteiger partial charge in [-0.15, -0.1) is 0 Å². The minimum Gasteiger partial charge on any atom is -0.425 e. The van der Waals surface area contributed by atoms with Crippen LogP contribution in [0.25, 0.3) is 11.1 Å². The highest BCUT2D eigenvalue weighted by atomic mass is 16.4. The first-order valence-electron chi connectivity index (χ1n) is 18.9. The van der Waals surface area contributed by atoms with E-state index in [1.807, 2.05) is 17.4 Å². The molecule has 0 aliphatic heterocycles. The third-order valence-corrected chi connectivity index (χ3v) is 9.01. The Balaban J connectivity index is 1.94. The molecule has 23 heteroatoms. The summed E-state index contributed by atoms with van der Waals surface area (Å²) in [5.41, 5.74) is 19.5. The summed E-state index contributed by atoms with van der Waals surface area (Å²) in [6, 6.07) is 6.74. The highest BCUT2D eigenvalue weighted by Gasteiger charge is 2.35. The topological polar surface area (TPSA) is 371 Å². The van der Waals surface area contributed by atoms with Crippen molar-refractivity contribution in [2.75, 3.05) is 20.2 Å². The second kappa shape index (κ2) is 24.2. The fourth-order valence-electron chi connectivity index (χ4n) is 5.50. The van der Waals surface area contributed by atoms with E-state index in [4.69, 9.17) is 27.2 Å². The Morgan fingerprint density at radius 3 is 1.83 bits per heavy atom. The van der Waals surface area contributed by atoms with Gasteiger partial charge in [0.2, 0.25) is 35.4 Å². The fourth-order valence-corrected chi connectivity index (χ4v) is 5.50. The van der Waals surface area contributed by atoms with E-state index in [1.165, 1.54) is 12.5 Å². The summed E-state index contributed by atoms with van der Waals surface area (Å²) in [6.45, 7) is 2.81. The molecule has 0 aliphatic carbocycles. The molecule has 0 heterocycles. The molecule has 0 aliphatic rings. The van der Waals surface area contributed by atoms with Gasteiger partial charge in [0.25, 0.3) is 11.8 Å². The van der Waals surface area contributed by atoms with Gasteiger partial charge in [-0.2, -0.15) is 0 Å². The second-order valence-corrected chi connectivity index (χ2v) is 13.9. The third-order valence-electron chi connectivity index (χ3n) is 9.01. The molecule has 0 saturated carbocycles. The number of amides is 8. The first-order valence-corrected chi connectivity index (χ1v) is 18.9. The van der Waals surface area contributed by atoms with Crippen LogP contribution in [-0.2, 0) is 40.0 Å². The van der Waals surface area contributed by atoms with Crippen LogP contribution in [0.5, 0.6) is 0 Å². The number of aryl methyl sites for hydroxylation is 1. The van der Waals surface area contributed by atoms with Gasteiger partial charge in [0.05, 0.1) is 25.7 Å². The highest BCUT2D eigenvalue weighted by molar-refractivity contribution is 6.43. The Bertz CT molecular complexity index is 1820. The molecule has 2 rings (SSSR count). The zero-order valence-electron chi connectivity index (χ0n) is 33.7. The van der Waals surface area contributed by atoms with Crippen molar-refractivity contribution in [3.63, 3.8) is 0 Å². The van der Waals surface area contributed by atoms with Crippen molar-refractivity contribution in [1.82, 2.24) is 36.8 Å².